The minimum Gasteiger partial charge on any atom is -0.465 e. The van der Waals surface area contributed by atoms with Gasteiger partial charge in [0.2, 0.25) is 0 Å². The van der Waals surface area contributed by atoms with E-state index in [1.54, 1.807) is 0 Å². The average molecular weight is 312 g/mol. The quantitative estimate of drug-likeness (QED) is 0.525. The van der Waals surface area contributed by atoms with Crippen molar-refractivity contribution in [3.05, 3.63) is 0 Å². The van der Waals surface area contributed by atoms with Gasteiger partial charge in [-0.05, 0) is 11.8 Å². The zero-order chi connectivity index (χ0) is 16.9. The highest BCUT2D eigenvalue weighted by molar-refractivity contribution is 6.27. The average Bonchev–Trinajstić information content (AvgIpc) is 2.71. The van der Waals surface area contributed by atoms with Crippen LogP contribution in [0.5, 0.6) is 0 Å². The Morgan fingerprint density at radius 2 is 1.41 bits per heavy atom. The van der Waals surface area contributed by atoms with Gasteiger partial charge in [-0.1, -0.05) is 27.7 Å². The molecule has 0 unspecified atom stereocenters. The van der Waals surface area contributed by atoms with Gasteiger partial charge >= 0.3 is 11.9 Å². The third-order valence-corrected chi connectivity index (χ3v) is 3.41. The molecule has 0 atom stereocenters. The molecule has 0 amide bonds. The fourth-order valence-electron chi connectivity index (χ4n) is 2.20. The summed E-state index contributed by atoms with van der Waals surface area (Å²) in [7, 11) is 0. The lowest BCUT2D eigenvalue weighted by atomic mass is 9.81. The summed E-state index contributed by atoms with van der Waals surface area (Å²) in [6, 6.07) is 0. The van der Waals surface area contributed by atoms with Gasteiger partial charge in [-0.2, -0.15) is 0 Å². The first kappa shape index (κ1) is 18.3. The van der Waals surface area contributed by atoms with Crippen LogP contribution in [0, 0.1) is 17.3 Å². The van der Waals surface area contributed by atoms with Crippen molar-refractivity contribution in [2.24, 2.45) is 17.3 Å². The van der Waals surface area contributed by atoms with Gasteiger partial charge in [0, 0.05) is 12.8 Å². The van der Waals surface area contributed by atoms with E-state index in [1.165, 1.54) is 0 Å². The Bertz CT molecular complexity index is 447. The molecular formula is C16H24O6. The Hall–Kier alpha value is -1.72. The molecule has 0 spiro atoms. The number of hydrogen-bond acceptors (Lipinski definition) is 6. The number of Topliss-reactive ketones (excluding diaryl/α,β-unsaturated/α-hetero) is 2. The SMILES string of the molecule is CC(C)COC(=O)CC1(C(=O)OCC(C)C)C(=O)CCC1=O. The molecule has 0 heterocycles. The summed E-state index contributed by atoms with van der Waals surface area (Å²) >= 11 is 0. The molecule has 0 bridgehead atoms. The van der Waals surface area contributed by atoms with Crippen molar-refractivity contribution in [3.8, 4) is 0 Å². The lowest BCUT2D eigenvalue weighted by Crippen LogP contribution is -2.45. The molecule has 124 valence electrons. The van der Waals surface area contributed by atoms with Crippen molar-refractivity contribution < 1.29 is 28.7 Å². The van der Waals surface area contributed by atoms with Crippen molar-refractivity contribution in [1.29, 1.82) is 0 Å². The highest BCUT2D eigenvalue weighted by Crippen LogP contribution is 2.37. The van der Waals surface area contributed by atoms with E-state index in [0.717, 1.165) is 0 Å². The van der Waals surface area contributed by atoms with Crippen molar-refractivity contribution >= 4 is 23.5 Å². The largest absolute Gasteiger partial charge is 0.465 e. The highest BCUT2D eigenvalue weighted by Gasteiger charge is 2.58. The molecule has 0 saturated heterocycles. The minimum absolute atomic E-state index is 0.0347. The second-order valence-electron chi connectivity index (χ2n) is 6.50. The first-order valence-corrected chi connectivity index (χ1v) is 7.59. The molecule has 1 rings (SSSR count). The van der Waals surface area contributed by atoms with E-state index < -0.39 is 35.3 Å². The van der Waals surface area contributed by atoms with Crippen LogP contribution in [-0.4, -0.2) is 36.7 Å². The van der Waals surface area contributed by atoms with Crippen LogP contribution in [0.4, 0.5) is 0 Å². The number of hydrogen-bond donors (Lipinski definition) is 0. The second-order valence-corrected chi connectivity index (χ2v) is 6.50. The van der Waals surface area contributed by atoms with Gasteiger partial charge < -0.3 is 9.47 Å². The molecule has 22 heavy (non-hydrogen) atoms. The molecule has 0 radical (unpaired) electrons. The number of carbonyl (C=O) groups excluding carboxylic acids is 4. The molecule has 1 saturated carbocycles. The van der Waals surface area contributed by atoms with Crippen LogP contribution in [0.3, 0.4) is 0 Å². The number of esters is 2. The standard InChI is InChI=1S/C16H24O6/c1-10(2)8-21-14(19)7-16(12(17)5-6-13(16)18)15(20)22-9-11(3)4/h10-11H,5-9H2,1-4H3. The van der Waals surface area contributed by atoms with Crippen LogP contribution in [0.2, 0.25) is 0 Å². The fourth-order valence-corrected chi connectivity index (χ4v) is 2.20. The number of ketones is 2. The monoisotopic (exact) mass is 312 g/mol. The zero-order valence-corrected chi connectivity index (χ0v) is 13.6. The van der Waals surface area contributed by atoms with Gasteiger partial charge in [-0.25, -0.2) is 0 Å². The highest BCUT2D eigenvalue weighted by atomic mass is 16.5. The molecule has 0 aromatic heterocycles. The molecule has 0 N–H and O–H groups in total. The minimum atomic E-state index is -2.00. The summed E-state index contributed by atoms with van der Waals surface area (Å²) in [6.07, 6.45) is -0.630. The molecule has 0 aromatic rings. The lowest BCUT2D eigenvalue weighted by Gasteiger charge is -2.23. The summed E-state index contributed by atoms with van der Waals surface area (Å²) in [6.45, 7) is 7.70. The number of rotatable bonds is 7. The predicted octanol–water partition coefficient (Wildman–Crippen LogP) is 1.69. The third kappa shape index (κ3) is 4.15. The zero-order valence-electron chi connectivity index (χ0n) is 13.6. The van der Waals surface area contributed by atoms with Gasteiger partial charge in [-0.3, -0.25) is 19.2 Å². The molecule has 6 heteroatoms. The van der Waals surface area contributed by atoms with Gasteiger partial charge in [0.25, 0.3) is 0 Å². The normalized spacial score (nSPS) is 17.2. The first-order chi connectivity index (χ1) is 10.2. The van der Waals surface area contributed by atoms with Crippen LogP contribution < -0.4 is 0 Å². The van der Waals surface area contributed by atoms with Gasteiger partial charge in [0.1, 0.15) is 0 Å². The molecule has 0 aromatic carbocycles. The maximum Gasteiger partial charge on any atom is 0.327 e. The predicted molar refractivity (Wildman–Crippen MR) is 77.9 cm³/mol. The Morgan fingerprint density at radius 1 is 0.955 bits per heavy atom. The molecule has 1 aliphatic rings. The van der Waals surface area contributed by atoms with Gasteiger partial charge in [0.15, 0.2) is 17.0 Å². The smallest absolute Gasteiger partial charge is 0.327 e. The summed E-state index contributed by atoms with van der Waals surface area (Å²) in [5, 5.41) is 0. The number of ether oxygens (including phenoxy) is 2. The fraction of sp³-hybridized carbons (Fsp3) is 0.750. The van der Waals surface area contributed by atoms with E-state index in [4.69, 9.17) is 9.47 Å². The van der Waals surface area contributed by atoms with Crippen LogP contribution >= 0.6 is 0 Å². The van der Waals surface area contributed by atoms with Crippen LogP contribution in [-0.2, 0) is 28.7 Å². The van der Waals surface area contributed by atoms with Crippen molar-refractivity contribution in [1.82, 2.24) is 0 Å². The Labute approximate surface area is 130 Å². The summed E-state index contributed by atoms with van der Waals surface area (Å²) in [4.78, 5) is 48.5. The third-order valence-electron chi connectivity index (χ3n) is 3.41. The molecule has 1 fully saturated rings. The maximum absolute atomic E-state index is 12.3. The van der Waals surface area contributed by atoms with E-state index >= 15 is 0 Å². The maximum atomic E-state index is 12.3. The molecular weight excluding hydrogens is 288 g/mol. The summed E-state index contributed by atoms with van der Waals surface area (Å²) < 4.78 is 10.1. The van der Waals surface area contributed by atoms with E-state index in [9.17, 15) is 19.2 Å². The molecule has 6 nitrogen and oxygen atoms in total. The van der Waals surface area contributed by atoms with Crippen molar-refractivity contribution in [2.45, 2.75) is 47.0 Å². The van der Waals surface area contributed by atoms with Crippen LogP contribution in [0.25, 0.3) is 0 Å². The van der Waals surface area contributed by atoms with Crippen molar-refractivity contribution in [3.63, 3.8) is 0 Å². The summed E-state index contributed by atoms with van der Waals surface area (Å²) in [5.41, 5.74) is -2.00. The van der Waals surface area contributed by atoms with E-state index in [2.05, 4.69) is 0 Å². The number of carbonyl (C=O) groups is 4. The van der Waals surface area contributed by atoms with Gasteiger partial charge in [0.05, 0.1) is 19.6 Å². The second kappa shape index (κ2) is 7.51. The Balaban J connectivity index is 2.89. The van der Waals surface area contributed by atoms with Gasteiger partial charge in [-0.15, -0.1) is 0 Å². The van der Waals surface area contributed by atoms with E-state index in [0.29, 0.717) is 0 Å². The molecule has 1 aliphatic carbocycles. The van der Waals surface area contributed by atoms with Crippen LogP contribution in [0.1, 0.15) is 47.0 Å². The first-order valence-electron chi connectivity index (χ1n) is 7.59. The van der Waals surface area contributed by atoms with E-state index in [1.807, 2.05) is 27.7 Å². The molecule has 0 aliphatic heterocycles. The van der Waals surface area contributed by atoms with Crippen molar-refractivity contribution in [2.75, 3.05) is 13.2 Å². The Morgan fingerprint density at radius 3 is 1.86 bits per heavy atom. The Kier molecular flexibility index (Phi) is 6.26. The van der Waals surface area contributed by atoms with Crippen LogP contribution in [0.15, 0.2) is 0 Å². The summed E-state index contributed by atoms with van der Waals surface area (Å²) in [5.74, 6) is -2.54. The van der Waals surface area contributed by atoms with E-state index in [-0.39, 0.29) is 37.9 Å². The lowest BCUT2D eigenvalue weighted by molar-refractivity contribution is -0.169. The topological polar surface area (TPSA) is 86.7 Å².